The monoisotopic (exact) mass is 327 g/mol. The van der Waals surface area contributed by atoms with E-state index in [0.29, 0.717) is 23.6 Å². The van der Waals surface area contributed by atoms with Gasteiger partial charge in [-0.2, -0.15) is 0 Å². The summed E-state index contributed by atoms with van der Waals surface area (Å²) in [5.74, 6) is 1.07. The Kier molecular flexibility index (Phi) is 5.08. The van der Waals surface area contributed by atoms with Crippen LogP contribution < -0.4 is 5.32 Å². The second-order valence-electron chi connectivity index (χ2n) is 5.19. The molecule has 4 nitrogen and oxygen atoms in total. The van der Waals surface area contributed by atoms with Gasteiger partial charge in [0.1, 0.15) is 17.1 Å². The highest BCUT2D eigenvalue weighted by atomic mass is 35.5. The third-order valence-corrected chi connectivity index (χ3v) is 4.47. The molecule has 1 unspecified atom stereocenters. The van der Waals surface area contributed by atoms with Gasteiger partial charge in [0.25, 0.3) is 0 Å². The van der Waals surface area contributed by atoms with Crippen molar-refractivity contribution in [1.29, 1.82) is 0 Å². The Morgan fingerprint density at radius 2 is 2.29 bits per heavy atom. The van der Waals surface area contributed by atoms with E-state index in [0.717, 1.165) is 10.6 Å². The predicted molar refractivity (Wildman–Crippen MR) is 83.7 cm³/mol. The summed E-state index contributed by atoms with van der Waals surface area (Å²) in [6, 6.07) is 5.36. The minimum atomic E-state index is -1.21. The number of hydrogen-bond acceptors (Lipinski definition) is 4. The zero-order chi connectivity index (χ0) is 15.5. The lowest BCUT2D eigenvalue weighted by Crippen LogP contribution is -2.38. The largest absolute Gasteiger partial charge is 0.463 e. The van der Waals surface area contributed by atoms with E-state index in [2.05, 4.69) is 5.32 Å². The fourth-order valence-corrected chi connectivity index (χ4v) is 2.97. The highest BCUT2D eigenvalue weighted by Crippen LogP contribution is 2.22. The maximum absolute atomic E-state index is 11.8. The summed E-state index contributed by atoms with van der Waals surface area (Å²) >= 11 is 7.37. The van der Waals surface area contributed by atoms with Gasteiger partial charge in [-0.3, -0.25) is 4.79 Å². The fraction of sp³-hybridized carbons (Fsp3) is 0.400. The number of hydrogen-bond donors (Lipinski definition) is 2. The first-order valence-corrected chi connectivity index (χ1v) is 7.91. The second-order valence-corrected chi connectivity index (χ2v) is 6.62. The van der Waals surface area contributed by atoms with Gasteiger partial charge in [0, 0.05) is 16.7 Å². The van der Waals surface area contributed by atoms with Crippen LogP contribution in [0.15, 0.2) is 28.0 Å². The SMILES string of the molecule is Cc1ccc(C(C)(O)CNC(=O)CCc2cc(Cl)cs2)o1. The number of nitrogens with one attached hydrogen (secondary N) is 1. The number of halogens is 1. The molecule has 21 heavy (non-hydrogen) atoms. The van der Waals surface area contributed by atoms with Crippen molar-refractivity contribution in [3.63, 3.8) is 0 Å². The Morgan fingerprint density at radius 1 is 1.52 bits per heavy atom. The summed E-state index contributed by atoms with van der Waals surface area (Å²) in [5.41, 5.74) is -1.21. The standard InChI is InChI=1S/C15H18ClNO3S/c1-10-3-5-13(20-10)15(2,19)9-17-14(18)6-4-12-7-11(16)8-21-12/h3,5,7-8,19H,4,6,9H2,1-2H3,(H,17,18). The molecule has 0 fully saturated rings. The first-order chi connectivity index (χ1) is 9.87. The zero-order valence-corrected chi connectivity index (χ0v) is 13.6. The molecule has 2 N–H and O–H groups in total. The highest BCUT2D eigenvalue weighted by Gasteiger charge is 2.27. The van der Waals surface area contributed by atoms with Crippen molar-refractivity contribution >= 4 is 28.8 Å². The lowest BCUT2D eigenvalue weighted by molar-refractivity contribution is -0.122. The van der Waals surface area contributed by atoms with Crippen molar-refractivity contribution in [2.75, 3.05) is 6.54 Å². The predicted octanol–water partition coefficient (Wildman–Crippen LogP) is 3.26. The molecule has 2 aromatic heterocycles. The van der Waals surface area contributed by atoms with Crippen molar-refractivity contribution in [3.05, 3.63) is 45.0 Å². The first-order valence-electron chi connectivity index (χ1n) is 6.66. The Balaban J connectivity index is 1.80. The number of carbonyl (C=O) groups is 1. The molecule has 0 bridgehead atoms. The summed E-state index contributed by atoms with van der Waals surface area (Å²) in [6.45, 7) is 3.54. The third kappa shape index (κ3) is 4.59. The number of aryl methyl sites for hydroxylation is 2. The van der Waals surface area contributed by atoms with Gasteiger partial charge in [0.15, 0.2) is 0 Å². The van der Waals surface area contributed by atoms with E-state index < -0.39 is 5.60 Å². The average molecular weight is 328 g/mol. The van der Waals surface area contributed by atoms with Gasteiger partial charge in [-0.1, -0.05) is 11.6 Å². The molecule has 0 aliphatic carbocycles. The lowest BCUT2D eigenvalue weighted by atomic mass is 10.0. The van der Waals surface area contributed by atoms with Crippen LogP contribution in [-0.4, -0.2) is 17.6 Å². The quantitative estimate of drug-likeness (QED) is 0.856. The molecule has 0 aliphatic rings. The Labute approximate surface area is 132 Å². The van der Waals surface area contributed by atoms with Crippen LogP contribution in [0.3, 0.4) is 0 Å². The van der Waals surface area contributed by atoms with Gasteiger partial charge in [-0.15, -0.1) is 11.3 Å². The van der Waals surface area contributed by atoms with E-state index in [4.69, 9.17) is 16.0 Å². The maximum Gasteiger partial charge on any atom is 0.220 e. The van der Waals surface area contributed by atoms with Crippen molar-refractivity contribution in [2.24, 2.45) is 0 Å². The molecule has 1 atom stereocenters. The Hall–Kier alpha value is -1.30. The van der Waals surface area contributed by atoms with Crippen molar-refractivity contribution in [3.8, 4) is 0 Å². The van der Waals surface area contributed by atoms with E-state index in [1.165, 1.54) is 11.3 Å². The molecule has 1 amide bonds. The van der Waals surface area contributed by atoms with Crippen LogP contribution in [0.25, 0.3) is 0 Å². The molecule has 6 heteroatoms. The number of furan rings is 1. The van der Waals surface area contributed by atoms with Crippen molar-refractivity contribution in [2.45, 2.75) is 32.3 Å². The van der Waals surface area contributed by atoms with E-state index in [9.17, 15) is 9.90 Å². The maximum atomic E-state index is 11.8. The number of amides is 1. The Morgan fingerprint density at radius 3 is 2.86 bits per heavy atom. The highest BCUT2D eigenvalue weighted by molar-refractivity contribution is 7.10. The zero-order valence-electron chi connectivity index (χ0n) is 12.0. The summed E-state index contributed by atoms with van der Waals surface area (Å²) in [5, 5.41) is 15.6. The number of carbonyl (C=O) groups excluding carboxylic acids is 1. The van der Waals surface area contributed by atoms with E-state index in [1.807, 2.05) is 18.4 Å². The van der Waals surface area contributed by atoms with Gasteiger partial charge in [0.05, 0.1) is 11.6 Å². The average Bonchev–Trinajstić information content (AvgIpc) is 3.03. The molecule has 0 radical (unpaired) electrons. The molecule has 2 heterocycles. The molecule has 0 saturated heterocycles. The molecular formula is C15H18ClNO3S. The van der Waals surface area contributed by atoms with Crippen LogP contribution in [-0.2, 0) is 16.8 Å². The second kappa shape index (κ2) is 6.64. The van der Waals surface area contributed by atoms with Gasteiger partial charge in [-0.05, 0) is 38.5 Å². The summed E-state index contributed by atoms with van der Waals surface area (Å²) in [7, 11) is 0. The van der Waals surface area contributed by atoms with Gasteiger partial charge in [0.2, 0.25) is 5.91 Å². The lowest BCUT2D eigenvalue weighted by Gasteiger charge is -2.21. The van der Waals surface area contributed by atoms with E-state index in [1.54, 1.807) is 19.1 Å². The summed E-state index contributed by atoms with van der Waals surface area (Å²) in [4.78, 5) is 12.9. The topological polar surface area (TPSA) is 62.5 Å². The van der Waals surface area contributed by atoms with Crippen LogP contribution in [0.4, 0.5) is 0 Å². The van der Waals surface area contributed by atoms with Gasteiger partial charge >= 0.3 is 0 Å². The smallest absolute Gasteiger partial charge is 0.220 e. The van der Waals surface area contributed by atoms with Crippen molar-refractivity contribution in [1.82, 2.24) is 5.32 Å². The molecule has 2 aromatic rings. The molecule has 2 rings (SSSR count). The summed E-state index contributed by atoms with van der Waals surface area (Å²) in [6.07, 6.45) is 1.01. The Bertz CT molecular complexity index is 618. The van der Waals surface area contributed by atoms with Gasteiger partial charge < -0.3 is 14.8 Å². The molecule has 0 aliphatic heterocycles. The molecular weight excluding hydrogens is 310 g/mol. The van der Waals surface area contributed by atoms with Crippen LogP contribution in [0.5, 0.6) is 0 Å². The van der Waals surface area contributed by atoms with Gasteiger partial charge in [-0.25, -0.2) is 0 Å². The minimum Gasteiger partial charge on any atom is -0.463 e. The van der Waals surface area contributed by atoms with Crippen LogP contribution in [0.1, 0.15) is 29.7 Å². The van der Waals surface area contributed by atoms with E-state index >= 15 is 0 Å². The number of rotatable bonds is 6. The first kappa shape index (κ1) is 16.1. The molecule has 0 spiro atoms. The van der Waals surface area contributed by atoms with Crippen LogP contribution in [0.2, 0.25) is 5.02 Å². The molecule has 0 saturated carbocycles. The number of aliphatic hydroxyl groups is 1. The molecule has 0 aromatic carbocycles. The fourth-order valence-electron chi connectivity index (χ4n) is 1.89. The van der Waals surface area contributed by atoms with Crippen LogP contribution in [0, 0.1) is 6.92 Å². The molecule has 114 valence electrons. The van der Waals surface area contributed by atoms with E-state index in [-0.39, 0.29) is 12.5 Å². The third-order valence-electron chi connectivity index (χ3n) is 3.12. The van der Waals surface area contributed by atoms with Crippen LogP contribution >= 0.6 is 22.9 Å². The minimum absolute atomic E-state index is 0.108. The normalized spacial score (nSPS) is 13.9. The number of thiophene rings is 1. The summed E-state index contributed by atoms with van der Waals surface area (Å²) < 4.78 is 5.40. The van der Waals surface area contributed by atoms with Crippen molar-refractivity contribution < 1.29 is 14.3 Å².